The van der Waals surface area contributed by atoms with Crippen molar-refractivity contribution in [3.63, 3.8) is 0 Å². The van der Waals surface area contributed by atoms with Crippen LogP contribution in [0.4, 0.5) is 11.4 Å². The molecule has 1 aliphatic rings. The van der Waals surface area contributed by atoms with Gasteiger partial charge in [-0.15, -0.1) is 0 Å². The molecule has 1 aliphatic heterocycles. The molecule has 0 amide bonds. The Hall–Kier alpha value is -8.00. The van der Waals surface area contributed by atoms with E-state index >= 15 is 0 Å². The second-order valence-corrected chi connectivity index (χ2v) is 18.9. The molecule has 0 spiro atoms. The van der Waals surface area contributed by atoms with Crippen LogP contribution in [0.3, 0.4) is 0 Å². The third-order valence-corrected chi connectivity index (χ3v) is 14.5. The summed E-state index contributed by atoms with van der Waals surface area (Å²) in [5.74, 6) is 1.63. The second kappa shape index (κ2) is 19.5. The van der Waals surface area contributed by atoms with E-state index in [-0.39, 0.29) is 15.0 Å². The molecular weight excluding hydrogens is 944 g/mol. The van der Waals surface area contributed by atoms with E-state index in [1.54, 1.807) is 14.2 Å². The molecule has 70 heavy (non-hydrogen) atoms. The topological polar surface area (TPSA) is 69.0 Å². The number of aromatic nitrogens is 2. The van der Waals surface area contributed by atoms with Crippen LogP contribution in [0.25, 0.3) is 55.6 Å². The van der Waals surface area contributed by atoms with Crippen molar-refractivity contribution in [2.75, 3.05) is 14.2 Å². The molecule has 6 nitrogen and oxygen atoms in total. The Kier molecular flexibility index (Phi) is 12.4. The maximum atomic E-state index is 5.57. The molecule has 0 saturated carbocycles. The van der Waals surface area contributed by atoms with Crippen molar-refractivity contribution in [3.05, 3.63) is 262 Å². The van der Waals surface area contributed by atoms with Crippen molar-refractivity contribution in [2.24, 2.45) is 8.73 Å². The Balaban J connectivity index is 1.03. The monoisotopic (exact) mass is 990 g/mol. The van der Waals surface area contributed by atoms with Crippen molar-refractivity contribution < 1.29 is 9.47 Å². The zero-order valence-electron chi connectivity index (χ0n) is 39.1. The quantitative estimate of drug-likeness (QED) is 0.0903. The predicted molar refractivity (Wildman–Crippen MR) is 290 cm³/mol. The summed E-state index contributed by atoms with van der Waals surface area (Å²) in [7, 11) is 3.41. The van der Waals surface area contributed by atoms with Gasteiger partial charge in [0.15, 0.2) is 0 Å². The van der Waals surface area contributed by atoms with E-state index in [0.717, 1.165) is 123 Å². The summed E-state index contributed by atoms with van der Waals surface area (Å²) in [6, 6.07) is 73.3. The van der Waals surface area contributed by atoms with E-state index in [1.807, 2.05) is 24.3 Å². The fourth-order valence-electron chi connectivity index (χ4n) is 9.40. The summed E-state index contributed by atoms with van der Waals surface area (Å²) in [4.78, 5) is 0. The van der Waals surface area contributed by atoms with E-state index in [2.05, 4.69) is 196 Å². The van der Waals surface area contributed by atoms with Crippen molar-refractivity contribution in [2.45, 2.75) is 13.8 Å². The van der Waals surface area contributed by atoms with Gasteiger partial charge in [0.25, 0.3) is 0 Å². The molecular formula is C62H46N4O2SSe. The molecule has 10 aromatic rings. The van der Waals surface area contributed by atoms with Crippen LogP contribution in [0.15, 0.2) is 215 Å². The molecule has 11 rings (SSSR count). The molecule has 9 aromatic carbocycles. The summed E-state index contributed by atoms with van der Waals surface area (Å²) in [5.41, 5.74) is 23.2. The molecule has 0 bridgehead atoms. The van der Waals surface area contributed by atoms with Gasteiger partial charge < -0.3 is 9.47 Å². The van der Waals surface area contributed by atoms with E-state index in [1.165, 1.54) is 22.5 Å². The first-order valence-electron chi connectivity index (χ1n) is 23.1. The van der Waals surface area contributed by atoms with Gasteiger partial charge in [0.1, 0.15) is 11.5 Å². The van der Waals surface area contributed by atoms with Gasteiger partial charge in [-0.05, 0) is 13.8 Å². The van der Waals surface area contributed by atoms with Gasteiger partial charge in [-0.25, -0.2) is 0 Å². The summed E-state index contributed by atoms with van der Waals surface area (Å²) in [5, 5.41) is 0. The molecule has 0 atom stereocenters. The summed E-state index contributed by atoms with van der Waals surface area (Å²) >= 11 is 0.911. The van der Waals surface area contributed by atoms with Gasteiger partial charge in [-0.1, -0.05) is 11.1 Å². The average molecular weight is 990 g/mol. The molecule has 8 heteroatoms. The molecule has 0 saturated heterocycles. The molecule has 1 aromatic heterocycles. The zero-order chi connectivity index (χ0) is 47.6. The fraction of sp³-hybridized carbons (Fsp3) is 0.0645. The van der Waals surface area contributed by atoms with Crippen molar-refractivity contribution in [1.29, 1.82) is 0 Å². The average Bonchev–Trinajstić information content (AvgIpc) is 4.11. The van der Waals surface area contributed by atoms with Crippen LogP contribution in [0.5, 0.6) is 11.5 Å². The third kappa shape index (κ3) is 8.58. The number of hydrogen-bond donors (Lipinski definition) is 0. The Labute approximate surface area is 418 Å². The van der Waals surface area contributed by atoms with Crippen LogP contribution in [0, 0.1) is 13.8 Å². The van der Waals surface area contributed by atoms with Gasteiger partial charge in [-0.2, -0.15) is 0 Å². The fourth-order valence-corrected chi connectivity index (χ4v) is 11.1. The number of fused-ring (bicyclic) bond motifs is 2. The van der Waals surface area contributed by atoms with Crippen LogP contribution < -0.4 is 9.47 Å². The van der Waals surface area contributed by atoms with Gasteiger partial charge in [0.2, 0.25) is 0 Å². The van der Waals surface area contributed by atoms with Gasteiger partial charge in [0.05, 0.1) is 14.2 Å². The first-order chi connectivity index (χ1) is 34.4. The van der Waals surface area contributed by atoms with Gasteiger partial charge in [0, 0.05) is 0 Å². The summed E-state index contributed by atoms with van der Waals surface area (Å²) in [6.45, 7) is 4.25. The minimum absolute atomic E-state index is 0.316. The minimum atomic E-state index is -0.316. The van der Waals surface area contributed by atoms with E-state index in [4.69, 9.17) is 26.2 Å². The summed E-state index contributed by atoms with van der Waals surface area (Å²) in [6.07, 6.45) is 0. The van der Waals surface area contributed by atoms with E-state index in [9.17, 15) is 0 Å². The van der Waals surface area contributed by atoms with Crippen LogP contribution in [0.1, 0.15) is 55.6 Å². The second-order valence-electron chi connectivity index (χ2n) is 17.2. The van der Waals surface area contributed by atoms with Crippen molar-refractivity contribution in [1.82, 2.24) is 7.96 Å². The van der Waals surface area contributed by atoms with E-state index < -0.39 is 0 Å². The third-order valence-electron chi connectivity index (χ3n) is 12.9. The normalized spacial score (nSPS) is 12.5. The first-order valence-corrected chi connectivity index (χ1v) is 25.4. The van der Waals surface area contributed by atoms with Crippen LogP contribution in [0.2, 0.25) is 0 Å². The Morgan fingerprint density at radius 3 is 0.957 bits per heavy atom. The molecule has 0 radical (unpaired) electrons. The van der Waals surface area contributed by atoms with Crippen LogP contribution in [-0.4, -0.2) is 37.1 Å². The number of nitrogens with zero attached hydrogens (tertiary/aromatic N) is 4. The van der Waals surface area contributed by atoms with Gasteiger partial charge >= 0.3 is 361 Å². The Bertz CT molecular complexity index is 3410. The number of rotatable bonds is 12. The van der Waals surface area contributed by atoms with Crippen LogP contribution in [-0.2, 0) is 11.4 Å². The molecule has 0 fully saturated rings. The van der Waals surface area contributed by atoms with Crippen molar-refractivity contribution in [3.8, 4) is 33.8 Å². The SMILES string of the molecule is COc1ccc(/C(=C(/c2ccccc2)c2ccc(-c3c4c(c(-c5ccc(/C(=C(\c6ccc(C)cc6)c6ccc(OC)cc6)c6ccccc6)cc5)c5n[se]nc35)N=S=N4)cc2)c2ccc(C)cc2)cc1. The Morgan fingerprint density at radius 2 is 0.643 bits per heavy atom. The maximum absolute atomic E-state index is 5.57. The molecule has 0 N–H and O–H groups in total. The number of ether oxygens (including phenoxy) is 2. The van der Waals surface area contributed by atoms with Crippen molar-refractivity contribution >= 4 is 71.0 Å². The number of aryl methyl sites for hydroxylation is 2. The standard InChI is InChI=1S/C62H46N4O2SSe/c1-39-15-19-43(20-16-39)55(47-31-35-51(67-3)36-32-47)53(41-11-7-5-8-12-41)45-23-27-49(28-24-45)57-59-60(64-69-63-59)58(62-61(57)65-70-66-62)50-29-25-46(26-30-50)54(42-13-9-6-10-14-42)56(44-21-17-40(2)18-22-44)48-33-37-52(68-4)38-34-48/h5-38H,1-4H3/b55-53-,56-54+. The molecule has 0 aliphatic carbocycles. The zero-order valence-corrected chi connectivity index (χ0v) is 41.6. The number of hydrogen-bond acceptors (Lipinski definition) is 6. The molecule has 0 unspecified atom stereocenters. The first kappa shape index (κ1) is 44.5. The number of benzene rings is 9. The van der Waals surface area contributed by atoms with E-state index in [0.29, 0.717) is 0 Å². The molecule has 338 valence electrons. The molecule has 2 heterocycles. The Morgan fingerprint density at radius 1 is 0.357 bits per heavy atom. The summed E-state index contributed by atoms with van der Waals surface area (Å²) < 4.78 is 31.4. The van der Waals surface area contributed by atoms with Crippen LogP contribution >= 0.6 is 0 Å². The van der Waals surface area contributed by atoms with Gasteiger partial charge in [-0.3, -0.25) is 0 Å². The number of methoxy groups -OCH3 is 2. The predicted octanol–water partition coefficient (Wildman–Crippen LogP) is 15.4.